The lowest BCUT2D eigenvalue weighted by Crippen LogP contribution is -2.24. The van der Waals surface area contributed by atoms with Gasteiger partial charge in [0.05, 0.1) is 0 Å². The van der Waals surface area contributed by atoms with Gasteiger partial charge in [-0.05, 0) is 24.3 Å². The number of carbonyl (C=O) groups is 2. The molecule has 0 saturated carbocycles. The number of amides is 3. The zero-order chi connectivity index (χ0) is 10.4. The number of hydrogen-bond donors (Lipinski definition) is 3. The molecule has 74 valence electrons. The lowest BCUT2D eigenvalue weighted by Gasteiger charge is -2.04. The van der Waals surface area contributed by atoms with Crippen LogP contribution < -0.4 is 16.0 Å². The number of carbonyl (C=O) groups excluding carboxylic acids is 2. The first-order chi connectivity index (χ1) is 6.76. The topological polar surface area (TPSA) is 70.2 Å². The lowest BCUT2D eigenvalue weighted by atomic mass is 10.3. The summed E-state index contributed by atoms with van der Waals surface area (Å²) in [5, 5.41) is 7.52. The Morgan fingerprint density at radius 2 is 1.79 bits per heavy atom. The molecule has 1 rings (SSSR count). The first-order valence-corrected chi connectivity index (χ1v) is 4.05. The average Bonchev–Trinajstić information content (AvgIpc) is 2.21. The fraction of sp³-hybridized carbons (Fsp3) is 0.111. The third kappa shape index (κ3) is 2.78. The third-order valence-electron chi connectivity index (χ3n) is 1.60. The summed E-state index contributed by atoms with van der Waals surface area (Å²) in [7, 11) is 1.54. The highest BCUT2D eigenvalue weighted by Crippen LogP contribution is 2.12. The molecular formula is C9H11N3O2. The number of hydrogen-bond acceptors (Lipinski definition) is 2. The van der Waals surface area contributed by atoms with Crippen molar-refractivity contribution in [3.63, 3.8) is 0 Å². The second-order valence-electron chi connectivity index (χ2n) is 2.54. The molecule has 0 aliphatic carbocycles. The normalized spacial score (nSPS) is 8.93. The first kappa shape index (κ1) is 10.0. The number of benzene rings is 1. The van der Waals surface area contributed by atoms with Gasteiger partial charge in [0.2, 0.25) is 6.41 Å². The summed E-state index contributed by atoms with van der Waals surface area (Å²) < 4.78 is 0. The molecule has 0 saturated heterocycles. The average molecular weight is 193 g/mol. The van der Waals surface area contributed by atoms with Gasteiger partial charge in [-0.1, -0.05) is 0 Å². The van der Waals surface area contributed by atoms with Crippen molar-refractivity contribution in [2.45, 2.75) is 0 Å². The predicted octanol–water partition coefficient (Wildman–Crippen LogP) is 1.01. The smallest absolute Gasteiger partial charge is 0.318 e. The Kier molecular flexibility index (Phi) is 3.49. The van der Waals surface area contributed by atoms with Gasteiger partial charge in [0.1, 0.15) is 0 Å². The van der Waals surface area contributed by atoms with Gasteiger partial charge in [-0.2, -0.15) is 0 Å². The first-order valence-electron chi connectivity index (χ1n) is 4.05. The standard InChI is InChI=1S/C9H11N3O2/c1-10-9(14)12-8-4-2-7(3-5-8)11-6-13/h2-6H,1H3,(H,11,13)(H2,10,12,14). The molecular weight excluding hydrogens is 182 g/mol. The van der Waals surface area contributed by atoms with Gasteiger partial charge in [-0.3, -0.25) is 4.79 Å². The Morgan fingerprint density at radius 1 is 1.21 bits per heavy atom. The van der Waals surface area contributed by atoms with Crippen molar-refractivity contribution >= 4 is 23.8 Å². The molecule has 1 aromatic carbocycles. The summed E-state index contributed by atoms with van der Waals surface area (Å²) in [6, 6.07) is 6.50. The van der Waals surface area contributed by atoms with Crippen LogP contribution in [0.3, 0.4) is 0 Å². The van der Waals surface area contributed by atoms with Gasteiger partial charge >= 0.3 is 6.03 Å². The van der Waals surface area contributed by atoms with Crippen molar-refractivity contribution < 1.29 is 9.59 Å². The molecule has 14 heavy (non-hydrogen) atoms. The quantitative estimate of drug-likeness (QED) is 0.627. The monoisotopic (exact) mass is 193 g/mol. The minimum Gasteiger partial charge on any atom is -0.341 e. The van der Waals surface area contributed by atoms with Gasteiger partial charge in [0.15, 0.2) is 0 Å². The van der Waals surface area contributed by atoms with E-state index in [-0.39, 0.29) is 6.03 Å². The van der Waals surface area contributed by atoms with Crippen LogP contribution in [0.5, 0.6) is 0 Å². The van der Waals surface area contributed by atoms with Crippen LogP contribution >= 0.6 is 0 Å². The maximum absolute atomic E-state index is 10.9. The van der Waals surface area contributed by atoms with E-state index >= 15 is 0 Å². The largest absolute Gasteiger partial charge is 0.341 e. The third-order valence-corrected chi connectivity index (χ3v) is 1.60. The molecule has 1 aromatic rings. The molecule has 0 spiro atoms. The van der Waals surface area contributed by atoms with E-state index in [0.717, 1.165) is 0 Å². The van der Waals surface area contributed by atoms with Crippen molar-refractivity contribution in [3.05, 3.63) is 24.3 Å². The minimum atomic E-state index is -0.277. The van der Waals surface area contributed by atoms with E-state index in [2.05, 4.69) is 16.0 Å². The summed E-state index contributed by atoms with van der Waals surface area (Å²) in [5.74, 6) is 0. The molecule has 3 amide bonds. The SMILES string of the molecule is CNC(=O)Nc1ccc(NC=O)cc1. The molecule has 0 unspecified atom stereocenters. The molecule has 0 aliphatic rings. The van der Waals surface area contributed by atoms with Gasteiger partial charge in [-0.25, -0.2) is 4.79 Å². The van der Waals surface area contributed by atoms with E-state index in [9.17, 15) is 9.59 Å². The second kappa shape index (κ2) is 4.86. The number of nitrogens with one attached hydrogen (secondary N) is 3. The highest BCUT2D eigenvalue weighted by atomic mass is 16.2. The molecule has 0 atom stereocenters. The Bertz CT molecular complexity index is 321. The van der Waals surface area contributed by atoms with E-state index in [1.54, 1.807) is 24.3 Å². The van der Waals surface area contributed by atoms with Crippen molar-refractivity contribution in [1.29, 1.82) is 0 Å². The van der Waals surface area contributed by atoms with E-state index in [1.807, 2.05) is 0 Å². The summed E-state index contributed by atoms with van der Waals surface area (Å²) >= 11 is 0. The molecule has 5 nitrogen and oxygen atoms in total. The zero-order valence-corrected chi connectivity index (χ0v) is 7.70. The molecule has 0 bridgehead atoms. The Labute approximate surface area is 81.5 Å². The molecule has 3 N–H and O–H groups in total. The van der Waals surface area contributed by atoms with Crippen LogP contribution in [0.1, 0.15) is 0 Å². The molecule has 0 heterocycles. The number of urea groups is 1. The van der Waals surface area contributed by atoms with Gasteiger partial charge in [-0.15, -0.1) is 0 Å². The molecule has 5 heteroatoms. The number of anilines is 2. The summed E-state index contributed by atoms with van der Waals surface area (Å²) in [4.78, 5) is 21.0. The highest BCUT2D eigenvalue weighted by Gasteiger charge is 1.97. The van der Waals surface area contributed by atoms with E-state index in [4.69, 9.17) is 0 Å². The lowest BCUT2D eigenvalue weighted by molar-refractivity contribution is -0.105. The van der Waals surface area contributed by atoms with Gasteiger partial charge in [0, 0.05) is 18.4 Å². The van der Waals surface area contributed by atoms with Crippen LogP contribution in [-0.4, -0.2) is 19.5 Å². The van der Waals surface area contributed by atoms with Crippen molar-refractivity contribution in [2.75, 3.05) is 17.7 Å². The predicted molar refractivity (Wildman–Crippen MR) is 54.2 cm³/mol. The van der Waals surface area contributed by atoms with E-state index in [1.165, 1.54) is 7.05 Å². The van der Waals surface area contributed by atoms with Crippen LogP contribution in [0, 0.1) is 0 Å². The fourth-order valence-electron chi connectivity index (χ4n) is 0.911. The van der Waals surface area contributed by atoms with E-state index in [0.29, 0.717) is 17.8 Å². The summed E-state index contributed by atoms with van der Waals surface area (Å²) in [6.07, 6.45) is 0.598. The number of rotatable bonds is 3. The van der Waals surface area contributed by atoms with Crippen molar-refractivity contribution in [2.24, 2.45) is 0 Å². The van der Waals surface area contributed by atoms with Crippen LogP contribution in [0.25, 0.3) is 0 Å². The van der Waals surface area contributed by atoms with Crippen LogP contribution in [0.15, 0.2) is 24.3 Å². The summed E-state index contributed by atoms with van der Waals surface area (Å²) in [6.45, 7) is 0. The molecule has 0 radical (unpaired) electrons. The zero-order valence-electron chi connectivity index (χ0n) is 7.70. The van der Waals surface area contributed by atoms with Crippen LogP contribution in [0.4, 0.5) is 16.2 Å². The van der Waals surface area contributed by atoms with Gasteiger partial charge in [0.25, 0.3) is 0 Å². The van der Waals surface area contributed by atoms with Crippen LogP contribution in [-0.2, 0) is 4.79 Å². The fourth-order valence-corrected chi connectivity index (χ4v) is 0.911. The van der Waals surface area contributed by atoms with Gasteiger partial charge < -0.3 is 16.0 Å². The van der Waals surface area contributed by atoms with Crippen molar-refractivity contribution in [1.82, 2.24) is 5.32 Å². The van der Waals surface area contributed by atoms with Crippen LogP contribution in [0.2, 0.25) is 0 Å². The second-order valence-corrected chi connectivity index (χ2v) is 2.54. The maximum atomic E-state index is 10.9. The Morgan fingerprint density at radius 3 is 2.29 bits per heavy atom. The maximum Gasteiger partial charge on any atom is 0.318 e. The Hall–Kier alpha value is -2.04. The molecule has 0 fully saturated rings. The molecule has 0 aromatic heterocycles. The Balaban J connectivity index is 2.63. The van der Waals surface area contributed by atoms with E-state index < -0.39 is 0 Å². The molecule has 0 aliphatic heterocycles. The summed E-state index contributed by atoms with van der Waals surface area (Å²) in [5.41, 5.74) is 1.35. The highest BCUT2D eigenvalue weighted by molar-refractivity contribution is 5.89. The minimum absolute atomic E-state index is 0.277. The van der Waals surface area contributed by atoms with Crippen molar-refractivity contribution in [3.8, 4) is 0 Å².